The number of carbonyl (C=O) groups excluding carboxylic acids is 4. The molecule has 0 heterocycles. The fourth-order valence-electron chi connectivity index (χ4n) is 3.41. The van der Waals surface area contributed by atoms with E-state index in [9.17, 15) is 19.2 Å². The summed E-state index contributed by atoms with van der Waals surface area (Å²) < 4.78 is 20.0. The summed E-state index contributed by atoms with van der Waals surface area (Å²) in [5.74, 6) is -4.33. The quantitative estimate of drug-likeness (QED) is 0.279. The number of esters is 4. The molecule has 1 saturated carbocycles. The third-order valence-corrected chi connectivity index (χ3v) is 4.94. The third kappa shape index (κ3) is 6.80. The Hall–Kier alpha value is -2.12. The molecule has 28 heavy (non-hydrogen) atoms. The Morgan fingerprint density at radius 1 is 0.607 bits per heavy atom. The normalized spacial score (nSPS) is 18.4. The van der Waals surface area contributed by atoms with Crippen LogP contribution in [0.15, 0.2) is 0 Å². The zero-order valence-electron chi connectivity index (χ0n) is 17.2. The molecule has 1 aliphatic carbocycles. The summed E-state index contributed by atoms with van der Waals surface area (Å²) in [5, 5.41) is 0. The molecule has 1 aliphatic rings. The van der Waals surface area contributed by atoms with E-state index in [4.69, 9.17) is 18.9 Å². The standard InChI is InChI=1S/C20H32O8/c1-5-25-17(21)15(18(22)26-6-2)11-13-9-10-14(13)12-16(19(23)27-7-3)20(24)28-8-4/h13-16H,5-12H2,1-4H3/t13-,14+. The van der Waals surface area contributed by atoms with E-state index in [1.807, 2.05) is 0 Å². The van der Waals surface area contributed by atoms with E-state index in [0.717, 1.165) is 12.8 Å². The van der Waals surface area contributed by atoms with Gasteiger partial charge in [-0.2, -0.15) is 0 Å². The van der Waals surface area contributed by atoms with Crippen molar-refractivity contribution >= 4 is 23.9 Å². The van der Waals surface area contributed by atoms with Crippen molar-refractivity contribution in [3.05, 3.63) is 0 Å². The van der Waals surface area contributed by atoms with Gasteiger partial charge in [0.15, 0.2) is 11.8 Å². The summed E-state index contributed by atoms with van der Waals surface area (Å²) in [6.45, 7) is 7.41. The van der Waals surface area contributed by atoms with Crippen molar-refractivity contribution in [2.45, 2.75) is 53.4 Å². The Bertz CT molecular complexity index is 460. The van der Waals surface area contributed by atoms with Crippen LogP contribution in [0.1, 0.15) is 53.4 Å². The van der Waals surface area contributed by atoms with Crippen LogP contribution < -0.4 is 0 Å². The molecule has 1 fully saturated rings. The summed E-state index contributed by atoms with van der Waals surface area (Å²) in [6, 6.07) is 0. The Balaban J connectivity index is 2.80. The van der Waals surface area contributed by atoms with Gasteiger partial charge < -0.3 is 18.9 Å². The number of carbonyl (C=O) groups is 4. The molecule has 1 rings (SSSR count). The molecular weight excluding hydrogens is 368 g/mol. The fourth-order valence-corrected chi connectivity index (χ4v) is 3.41. The number of hydrogen-bond donors (Lipinski definition) is 0. The second kappa shape index (κ2) is 12.4. The maximum absolute atomic E-state index is 12.2. The van der Waals surface area contributed by atoms with Gasteiger partial charge in [0.2, 0.25) is 0 Å². The predicted molar refractivity (Wildman–Crippen MR) is 99.0 cm³/mol. The minimum atomic E-state index is -0.990. The highest BCUT2D eigenvalue weighted by Gasteiger charge is 2.42. The predicted octanol–water partition coefficient (Wildman–Crippen LogP) is 2.28. The highest BCUT2D eigenvalue weighted by atomic mass is 16.6. The molecule has 2 atom stereocenters. The van der Waals surface area contributed by atoms with Gasteiger partial charge in [-0.1, -0.05) is 0 Å². The molecule has 8 nitrogen and oxygen atoms in total. The second-order valence-corrected chi connectivity index (χ2v) is 6.68. The Morgan fingerprint density at radius 3 is 1.04 bits per heavy atom. The van der Waals surface area contributed by atoms with E-state index in [1.54, 1.807) is 27.7 Å². The number of hydrogen-bond acceptors (Lipinski definition) is 8. The lowest BCUT2D eigenvalue weighted by Gasteiger charge is -2.39. The maximum Gasteiger partial charge on any atom is 0.320 e. The van der Waals surface area contributed by atoms with E-state index < -0.39 is 35.7 Å². The number of rotatable bonds is 12. The molecule has 0 amide bonds. The molecule has 0 aromatic heterocycles. The zero-order valence-corrected chi connectivity index (χ0v) is 17.2. The van der Waals surface area contributed by atoms with Crippen LogP contribution in [0.3, 0.4) is 0 Å². The van der Waals surface area contributed by atoms with Crippen LogP contribution in [0.4, 0.5) is 0 Å². The molecule has 0 aliphatic heterocycles. The molecule has 160 valence electrons. The lowest BCUT2D eigenvalue weighted by molar-refractivity contribution is -0.167. The molecule has 0 aromatic rings. The van der Waals surface area contributed by atoms with Crippen molar-refractivity contribution in [1.82, 2.24) is 0 Å². The fraction of sp³-hybridized carbons (Fsp3) is 0.800. The molecule has 0 unspecified atom stereocenters. The monoisotopic (exact) mass is 400 g/mol. The van der Waals surface area contributed by atoms with Crippen molar-refractivity contribution in [3.63, 3.8) is 0 Å². The van der Waals surface area contributed by atoms with Crippen LogP contribution in [-0.4, -0.2) is 50.3 Å². The van der Waals surface area contributed by atoms with Gasteiger partial charge in [0.05, 0.1) is 26.4 Å². The van der Waals surface area contributed by atoms with Crippen molar-refractivity contribution in [2.24, 2.45) is 23.7 Å². The molecule has 8 heteroatoms. The minimum Gasteiger partial charge on any atom is -0.465 e. The van der Waals surface area contributed by atoms with Gasteiger partial charge in [0.25, 0.3) is 0 Å². The highest BCUT2D eigenvalue weighted by Crippen LogP contribution is 2.43. The first-order valence-corrected chi connectivity index (χ1v) is 10.1. The second-order valence-electron chi connectivity index (χ2n) is 6.68. The average Bonchev–Trinajstić information content (AvgIpc) is 2.62. The van der Waals surface area contributed by atoms with E-state index in [2.05, 4.69) is 0 Å². The molecule has 0 aromatic carbocycles. The smallest absolute Gasteiger partial charge is 0.320 e. The minimum absolute atomic E-state index is 0.0187. The molecular formula is C20H32O8. The molecule has 0 N–H and O–H groups in total. The molecule has 0 radical (unpaired) electrons. The molecule has 0 bridgehead atoms. The van der Waals surface area contributed by atoms with Crippen molar-refractivity contribution in [1.29, 1.82) is 0 Å². The topological polar surface area (TPSA) is 105 Å². The Labute approximate surface area is 166 Å². The highest BCUT2D eigenvalue weighted by molar-refractivity contribution is 5.95. The first-order valence-electron chi connectivity index (χ1n) is 10.1. The van der Waals surface area contributed by atoms with Gasteiger partial charge in [-0.05, 0) is 65.2 Å². The van der Waals surface area contributed by atoms with Gasteiger partial charge in [0, 0.05) is 0 Å². The lowest BCUT2D eigenvalue weighted by Crippen LogP contribution is -2.38. The van der Waals surface area contributed by atoms with Gasteiger partial charge in [-0.3, -0.25) is 19.2 Å². The first-order chi connectivity index (χ1) is 13.4. The first kappa shape index (κ1) is 23.9. The summed E-state index contributed by atoms with van der Waals surface area (Å²) in [5.41, 5.74) is 0. The van der Waals surface area contributed by atoms with Gasteiger partial charge in [0.1, 0.15) is 0 Å². The average molecular weight is 400 g/mol. The van der Waals surface area contributed by atoms with Crippen LogP contribution in [0, 0.1) is 23.7 Å². The van der Waals surface area contributed by atoms with E-state index in [1.165, 1.54) is 0 Å². The van der Waals surface area contributed by atoms with E-state index >= 15 is 0 Å². The molecule has 0 spiro atoms. The Kier molecular flexibility index (Phi) is 10.6. The van der Waals surface area contributed by atoms with Gasteiger partial charge in [-0.15, -0.1) is 0 Å². The van der Waals surface area contributed by atoms with Gasteiger partial charge in [-0.25, -0.2) is 0 Å². The van der Waals surface area contributed by atoms with Crippen molar-refractivity contribution in [2.75, 3.05) is 26.4 Å². The van der Waals surface area contributed by atoms with E-state index in [-0.39, 0.29) is 51.1 Å². The van der Waals surface area contributed by atoms with Crippen LogP contribution in [0.5, 0.6) is 0 Å². The van der Waals surface area contributed by atoms with Crippen LogP contribution in [0.2, 0.25) is 0 Å². The zero-order chi connectivity index (χ0) is 21.1. The SMILES string of the molecule is CCOC(=O)C(C[C@H]1CC[C@H]1CC(C(=O)OCC)C(=O)OCC)C(=O)OCC. The van der Waals surface area contributed by atoms with Crippen molar-refractivity contribution < 1.29 is 38.1 Å². The van der Waals surface area contributed by atoms with Crippen LogP contribution in [-0.2, 0) is 38.1 Å². The van der Waals surface area contributed by atoms with Crippen LogP contribution in [0.25, 0.3) is 0 Å². The number of ether oxygens (including phenoxy) is 4. The third-order valence-electron chi connectivity index (χ3n) is 4.94. The van der Waals surface area contributed by atoms with Crippen LogP contribution >= 0.6 is 0 Å². The summed E-state index contributed by atoms with van der Waals surface area (Å²) in [7, 11) is 0. The lowest BCUT2D eigenvalue weighted by atomic mass is 9.66. The van der Waals surface area contributed by atoms with E-state index in [0.29, 0.717) is 0 Å². The van der Waals surface area contributed by atoms with Gasteiger partial charge >= 0.3 is 23.9 Å². The summed E-state index contributed by atoms with van der Waals surface area (Å²) >= 11 is 0. The molecule has 0 saturated heterocycles. The summed E-state index contributed by atoms with van der Waals surface area (Å²) in [4.78, 5) is 48.7. The maximum atomic E-state index is 12.2. The largest absolute Gasteiger partial charge is 0.465 e. The Morgan fingerprint density at radius 2 is 0.857 bits per heavy atom. The van der Waals surface area contributed by atoms with Crippen molar-refractivity contribution in [3.8, 4) is 0 Å². The summed E-state index contributed by atoms with van der Waals surface area (Å²) in [6.07, 6.45) is 2.16.